The Bertz CT molecular complexity index is 838. The zero-order valence-electron chi connectivity index (χ0n) is 15.2. The molecule has 5 nitrogen and oxygen atoms in total. The topological polar surface area (TPSA) is 61.4 Å². The maximum atomic E-state index is 12.7. The van der Waals surface area contributed by atoms with Gasteiger partial charge in [0.2, 0.25) is 5.91 Å². The number of carbonyl (C=O) groups is 2. The number of anilines is 2. The molecule has 136 valence electrons. The molecule has 1 saturated heterocycles. The summed E-state index contributed by atoms with van der Waals surface area (Å²) in [6.07, 6.45) is 2.59. The van der Waals surface area contributed by atoms with E-state index in [-0.39, 0.29) is 11.9 Å². The predicted molar refractivity (Wildman–Crippen MR) is 107 cm³/mol. The van der Waals surface area contributed by atoms with Gasteiger partial charge in [-0.2, -0.15) is 0 Å². The van der Waals surface area contributed by atoms with Crippen LogP contribution in [-0.2, 0) is 4.79 Å². The molecular weight excluding hydrogens is 346 g/mol. The maximum absolute atomic E-state index is 12.7. The number of hydrogen-bond donors (Lipinski definition) is 2. The number of aryl methyl sites for hydroxylation is 2. The second kappa shape index (κ2) is 7.83. The van der Waals surface area contributed by atoms with Crippen LogP contribution in [0, 0.1) is 13.8 Å². The largest absolute Gasteiger partial charge is 0.326 e. The van der Waals surface area contributed by atoms with Crippen molar-refractivity contribution < 1.29 is 9.59 Å². The van der Waals surface area contributed by atoms with Gasteiger partial charge in [0.15, 0.2) is 0 Å². The normalized spacial score (nSPS) is 16.7. The summed E-state index contributed by atoms with van der Waals surface area (Å²) >= 11 is 1.61. The van der Waals surface area contributed by atoms with E-state index in [2.05, 4.69) is 10.6 Å². The second-order valence-electron chi connectivity index (χ2n) is 6.43. The summed E-state index contributed by atoms with van der Waals surface area (Å²) < 4.78 is 0. The van der Waals surface area contributed by atoms with E-state index < -0.39 is 6.04 Å². The van der Waals surface area contributed by atoms with E-state index in [9.17, 15) is 9.59 Å². The Balaban J connectivity index is 1.62. The zero-order chi connectivity index (χ0) is 18.7. The lowest BCUT2D eigenvalue weighted by atomic mass is 10.1. The first kappa shape index (κ1) is 18.3. The van der Waals surface area contributed by atoms with Gasteiger partial charge in [-0.25, -0.2) is 4.79 Å². The number of thioether (sulfide) groups is 1. The Morgan fingerprint density at radius 3 is 2.69 bits per heavy atom. The molecule has 2 N–H and O–H groups in total. The third-order valence-corrected chi connectivity index (χ3v) is 5.37. The van der Waals surface area contributed by atoms with E-state index >= 15 is 0 Å². The van der Waals surface area contributed by atoms with Gasteiger partial charge in [0.05, 0.1) is 0 Å². The van der Waals surface area contributed by atoms with E-state index in [0.717, 1.165) is 16.1 Å². The van der Waals surface area contributed by atoms with Crippen LogP contribution in [-0.4, -0.2) is 30.8 Å². The number of nitrogens with one attached hydrogen (secondary N) is 2. The molecule has 1 aliphatic heterocycles. The average Bonchev–Trinajstić information content (AvgIpc) is 2.98. The van der Waals surface area contributed by atoms with E-state index in [1.807, 2.05) is 62.6 Å². The Morgan fingerprint density at radius 2 is 1.96 bits per heavy atom. The monoisotopic (exact) mass is 369 g/mol. The quantitative estimate of drug-likeness (QED) is 0.802. The van der Waals surface area contributed by atoms with Gasteiger partial charge in [0, 0.05) is 22.8 Å². The minimum absolute atomic E-state index is 0.0683. The summed E-state index contributed by atoms with van der Waals surface area (Å²) in [5, 5.41) is 5.59. The van der Waals surface area contributed by atoms with Crippen molar-refractivity contribution in [3.63, 3.8) is 0 Å². The van der Waals surface area contributed by atoms with Crippen LogP contribution >= 0.6 is 11.8 Å². The lowest BCUT2D eigenvalue weighted by Crippen LogP contribution is -2.43. The molecule has 1 fully saturated rings. The van der Waals surface area contributed by atoms with Crippen molar-refractivity contribution in [2.75, 3.05) is 23.0 Å². The van der Waals surface area contributed by atoms with Gasteiger partial charge in [0.25, 0.3) is 0 Å². The summed E-state index contributed by atoms with van der Waals surface area (Å²) in [6.45, 7) is 4.69. The summed E-state index contributed by atoms with van der Waals surface area (Å²) in [5.74, 6) is -0.0683. The molecule has 1 heterocycles. The van der Waals surface area contributed by atoms with Gasteiger partial charge in [0.1, 0.15) is 6.04 Å². The highest BCUT2D eigenvalue weighted by Gasteiger charge is 2.33. The van der Waals surface area contributed by atoms with Gasteiger partial charge < -0.3 is 15.5 Å². The molecule has 3 rings (SSSR count). The summed E-state index contributed by atoms with van der Waals surface area (Å²) in [5.41, 5.74) is 3.95. The molecule has 0 aromatic heterocycles. The highest BCUT2D eigenvalue weighted by Crippen LogP contribution is 2.24. The first-order valence-corrected chi connectivity index (χ1v) is 9.80. The number of urea groups is 1. The number of benzene rings is 2. The minimum atomic E-state index is -0.500. The molecule has 0 saturated carbocycles. The van der Waals surface area contributed by atoms with Crippen molar-refractivity contribution in [3.05, 3.63) is 53.6 Å². The number of hydrogen-bond acceptors (Lipinski definition) is 3. The van der Waals surface area contributed by atoms with Gasteiger partial charge >= 0.3 is 6.03 Å². The van der Waals surface area contributed by atoms with Gasteiger partial charge in [-0.15, -0.1) is 11.8 Å². The van der Waals surface area contributed by atoms with Crippen molar-refractivity contribution in [2.45, 2.75) is 31.2 Å². The fraction of sp³-hybridized carbons (Fsp3) is 0.300. The highest BCUT2D eigenvalue weighted by molar-refractivity contribution is 7.98. The van der Waals surface area contributed by atoms with Crippen LogP contribution < -0.4 is 15.5 Å². The maximum Gasteiger partial charge on any atom is 0.319 e. The number of amides is 3. The van der Waals surface area contributed by atoms with Crippen molar-refractivity contribution in [2.24, 2.45) is 0 Å². The van der Waals surface area contributed by atoms with E-state index in [4.69, 9.17) is 0 Å². The predicted octanol–water partition coefficient (Wildman–Crippen LogP) is 3.95. The fourth-order valence-corrected chi connectivity index (χ4v) is 3.45. The molecule has 0 spiro atoms. The van der Waals surface area contributed by atoms with Crippen LogP contribution in [0.3, 0.4) is 0 Å². The van der Waals surface area contributed by atoms with Gasteiger partial charge in [-0.3, -0.25) is 4.79 Å². The van der Waals surface area contributed by atoms with Crippen LogP contribution in [0.4, 0.5) is 16.2 Å². The summed E-state index contributed by atoms with van der Waals surface area (Å²) in [7, 11) is 0. The van der Waals surface area contributed by atoms with Crippen LogP contribution in [0.25, 0.3) is 0 Å². The van der Waals surface area contributed by atoms with Crippen LogP contribution in [0.15, 0.2) is 47.4 Å². The number of nitrogens with zero attached hydrogens (tertiary/aromatic N) is 1. The standard InChI is InChI=1S/C20H23N3O2S/c1-13-7-8-16(11-14(13)2)23-10-9-18(19(23)24)22-20(25)21-15-5-4-6-17(12-15)26-3/h4-8,11-12,18H,9-10H2,1-3H3,(H2,21,22,25). The molecule has 2 aromatic carbocycles. The minimum Gasteiger partial charge on any atom is -0.326 e. The average molecular weight is 369 g/mol. The summed E-state index contributed by atoms with van der Waals surface area (Å²) in [4.78, 5) is 27.7. The lowest BCUT2D eigenvalue weighted by Gasteiger charge is -2.18. The van der Waals surface area contributed by atoms with Crippen molar-refractivity contribution in [3.8, 4) is 0 Å². The molecule has 6 heteroatoms. The van der Waals surface area contributed by atoms with E-state index in [1.54, 1.807) is 16.7 Å². The highest BCUT2D eigenvalue weighted by atomic mass is 32.2. The van der Waals surface area contributed by atoms with Crippen molar-refractivity contribution in [1.29, 1.82) is 0 Å². The molecule has 0 radical (unpaired) electrons. The van der Waals surface area contributed by atoms with Crippen LogP contribution in [0.1, 0.15) is 17.5 Å². The Labute approximate surface area is 158 Å². The molecule has 1 atom stereocenters. The Morgan fingerprint density at radius 1 is 1.15 bits per heavy atom. The molecular formula is C20H23N3O2S. The van der Waals surface area contributed by atoms with Gasteiger partial charge in [-0.1, -0.05) is 12.1 Å². The van der Waals surface area contributed by atoms with Crippen LogP contribution in [0.2, 0.25) is 0 Å². The molecule has 26 heavy (non-hydrogen) atoms. The first-order chi connectivity index (χ1) is 12.5. The van der Waals surface area contributed by atoms with Crippen molar-refractivity contribution in [1.82, 2.24) is 5.32 Å². The number of carbonyl (C=O) groups excluding carboxylic acids is 2. The number of rotatable bonds is 4. The smallest absolute Gasteiger partial charge is 0.319 e. The third kappa shape index (κ3) is 4.02. The Hall–Kier alpha value is -2.47. The SMILES string of the molecule is CSc1cccc(NC(=O)NC2CCN(c3ccc(C)c(C)c3)C2=O)c1. The molecule has 3 amide bonds. The Kier molecular flexibility index (Phi) is 5.52. The summed E-state index contributed by atoms with van der Waals surface area (Å²) in [6, 6.07) is 12.7. The second-order valence-corrected chi connectivity index (χ2v) is 7.31. The molecule has 2 aromatic rings. The third-order valence-electron chi connectivity index (χ3n) is 4.64. The van der Waals surface area contributed by atoms with E-state index in [1.165, 1.54) is 5.56 Å². The van der Waals surface area contributed by atoms with Crippen LogP contribution in [0.5, 0.6) is 0 Å². The lowest BCUT2D eigenvalue weighted by molar-refractivity contribution is -0.118. The molecule has 1 unspecified atom stereocenters. The van der Waals surface area contributed by atoms with Crippen molar-refractivity contribution >= 4 is 35.1 Å². The fourth-order valence-electron chi connectivity index (χ4n) is 2.99. The molecule has 0 aliphatic carbocycles. The van der Waals surface area contributed by atoms with E-state index in [0.29, 0.717) is 18.7 Å². The first-order valence-electron chi connectivity index (χ1n) is 8.58. The molecule has 0 bridgehead atoms. The zero-order valence-corrected chi connectivity index (χ0v) is 16.0. The van der Waals surface area contributed by atoms with Gasteiger partial charge in [-0.05, 0) is 68.0 Å². The molecule has 1 aliphatic rings.